The van der Waals surface area contributed by atoms with Gasteiger partial charge in [0.05, 0.1) is 11.5 Å². The van der Waals surface area contributed by atoms with Crippen molar-refractivity contribution in [2.45, 2.75) is 51.6 Å². The van der Waals surface area contributed by atoms with Crippen molar-refractivity contribution in [3.05, 3.63) is 11.6 Å². The van der Waals surface area contributed by atoms with Crippen molar-refractivity contribution >= 4 is 5.97 Å². The zero-order chi connectivity index (χ0) is 12.0. The average Bonchev–Trinajstić information content (AvgIpc) is 2.13. The van der Waals surface area contributed by atoms with Crippen LogP contribution in [0.3, 0.4) is 0 Å². The Bertz CT molecular complexity index is 343. The molecule has 0 aliphatic heterocycles. The third kappa shape index (κ3) is 1.88. The summed E-state index contributed by atoms with van der Waals surface area (Å²) in [6, 6.07) is 0. The number of aliphatic carboxylic acids is 1. The van der Waals surface area contributed by atoms with Gasteiger partial charge in [-0.1, -0.05) is 18.6 Å². The third-order valence-electron chi connectivity index (χ3n) is 4.27. The van der Waals surface area contributed by atoms with E-state index < -0.39 is 11.6 Å². The largest absolute Gasteiger partial charge is 0.481 e. The molecule has 0 radical (unpaired) electrons. The molecule has 2 aliphatic carbocycles. The Labute approximate surface area is 96.2 Å². The third-order valence-corrected chi connectivity index (χ3v) is 4.27. The molecule has 2 unspecified atom stereocenters. The van der Waals surface area contributed by atoms with Gasteiger partial charge in [-0.2, -0.15) is 0 Å². The van der Waals surface area contributed by atoms with Gasteiger partial charge in [0.15, 0.2) is 0 Å². The van der Waals surface area contributed by atoms with Crippen LogP contribution in [0.2, 0.25) is 0 Å². The van der Waals surface area contributed by atoms with E-state index in [1.807, 2.05) is 6.08 Å². The molecule has 2 bridgehead atoms. The molecule has 3 nitrogen and oxygen atoms in total. The van der Waals surface area contributed by atoms with Gasteiger partial charge in [0.1, 0.15) is 0 Å². The minimum absolute atomic E-state index is 0.225. The Morgan fingerprint density at radius 2 is 2.25 bits per heavy atom. The van der Waals surface area contributed by atoms with Crippen molar-refractivity contribution < 1.29 is 15.0 Å². The van der Waals surface area contributed by atoms with Crippen LogP contribution in [-0.2, 0) is 4.79 Å². The van der Waals surface area contributed by atoms with E-state index in [4.69, 9.17) is 0 Å². The highest BCUT2D eigenvalue weighted by atomic mass is 16.4. The summed E-state index contributed by atoms with van der Waals surface area (Å²) in [5.74, 6) is -1.11. The maximum atomic E-state index is 11.2. The van der Waals surface area contributed by atoms with E-state index in [2.05, 4.69) is 0 Å². The van der Waals surface area contributed by atoms with Gasteiger partial charge in [0, 0.05) is 0 Å². The summed E-state index contributed by atoms with van der Waals surface area (Å²) in [6.45, 7) is 3.58. The molecule has 0 aromatic carbocycles. The average molecular weight is 224 g/mol. The van der Waals surface area contributed by atoms with Crippen LogP contribution in [0.25, 0.3) is 0 Å². The van der Waals surface area contributed by atoms with Crippen LogP contribution in [0, 0.1) is 11.3 Å². The Kier molecular flexibility index (Phi) is 2.61. The van der Waals surface area contributed by atoms with Crippen molar-refractivity contribution in [1.82, 2.24) is 0 Å². The minimum Gasteiger partial charge on any atom is -0.481 e. The van der Waals surface area contributed by atoms with Gasteiger partial charge in [0.2, 0.25) is 0 Å². The lowest BCUT2D eigenvalue weighted by atomic mass is 9.57. The summed E-state index contributed by atoms with van der Waals surface area (Å²) >= 11 is 0. The van der Waals surface area contributed by atoms with Crippen molar-refractivity contribution in [3.8, 4) is 0 Å². The smallest absolute Gasteiger partial charge is 0.306 e. The molecule has 2 aliphatic rings. The van der Waals surface area contributed by atoms with Crippen molar-refractivity contribution in [1.29, 1.82) is 0 Å². The zero-order valence-corrected chi connectivity index (χ0v) is 9.99. The number of allylic oxidation sites excluding steroid dienone is 1. The van der Waals surface area contributed by atoms with Crippen LogP contribution in [-0.4, -0.2) is 21.8 Å². The zero-order valence-electron chi connectivity index (χ0n) is 9.99. The predicted molar refractivity (Wildman–Crippen MR) is 61.0 cm³/mol. The van der Waals surface area contributed by atoms with E-state index in [1.54, 1.807) is 13.8 Å². The number of rotatable bonds is 2. The van der Waals surface area contributed by atoms with Crippen molar-refractivity contribution in [2.75, 3.05) is 0 Å². The lowest BCUT2D eigenvalue weighted by Crippen LogP contribution is -2.45. The monoisotopic (exact) mass is 224 g/mol. The molecule has 90 valence electrons. The van der Waals surface area contributed by atoms with E-state index in [-0.39, 0.29) is 11.3 Å². The minimum atomic E-state index is -0.822. The van der Waals surface area contributed by atoms with E-state index in [0.29, 0.717) is 6.42 Å². The van der Waals surface area contributed by atoms with Gasteiger partial charge < -0.3 is 10.2 Å². The van der Waals surface area contributed by atoms with Crippen molar-refractivity contribution in [3.63, 3.8) is 0 Å². The summed E-state index contributed by atoms with van der Waals surface area (Å²) in [5, 5.41) is 19.4. The molecule has 0 heterocycles. The van der Waals surface area contributed by atoms with Gasteiger partial charge in [0.25, 0.3) is 0 Å². The molecular weight excluding hydrogens is 204 g/mol. The normalized spacial score (nSPS) is 40.1. The standard InChI is InChI=1S/C13H20O3/c1-9(11(14)15)13-5-3-4-10(7-13)6-12(2,16)8-13/h6,9,16H,3-5,7-8H2,1-2H3,(H,14,15)/t9-,12?,13?/m1/s1. The second-order valence-corrected chi connectivity index (χ2v) is 5.79. The van der Waals surface area contributed by atoms with Gasteiger partial charge in [-0.3, -0.25) is 4.79 Å². The number of hydrogen-bond donors (Lipinski definition) is 2. The summed E-state index contributed by atoms with van der Waals surface area (Å²) in [4.78, 5) is 11.2. The molecule has 3 heteroatoms. The summed E-state index contributed by atoms with van der Waals surface area (Å²) in [5.41, 5.74) is 0.200. The first kappa shape index (κ1) is 11.6. The second kappa shape index (κ2) is 3.59. The van der Waals surface area contributed by atoms with Crippen LogP contribution in [0.5, 0.6) is 0 Å². The quantitative estimate of drug-likeness (QED) is 0.708. The lowest BCUT2D eigenvalue weighted by Gasteiger charge is -2.48. The molecule has 0 saturated heterocycles. The highest BCUT2D eigenvalue weighted by Crippen LogP contribution is 2.53. The Morgan fingerprint density at radius 3 is 2.88 bits per heavy atom. The molecule has 2 N–H and O–H groups in total. The number of hydrogen-bond acceptors (Lipinski definition) is 2. The molecule has 0 spiro atoms. The fourth-order valence-corrected chi connectivity index (χ4v) is 3.56. The SMILES string of the molecule is C[C@H](C(=O)O)C12CCCC(=CC(C)(O)C1)C2. The molecule has 1 saturated carbocycles. The number of carboxylic acids is 1. The molecular formula is C13H20O3. The number of aliphatic hydroxyl groups is 1. The molecule has 1 fully saturated rings. The van der Waals surface area contributed by atoms with Crippen LogP contribution >= 0.6 is 0 Å². The Morgan fingerprint density at radius 1 is 1.56 bits per heavy atom. The highest BCUT2D eigenvalue weighted by Gasteiger charge is 2.48. The van der Waals surface area contributed by atoms with Gasteiger partial charge in [-0.25, -0.2) is 0 Å². The molecule has 0 amide bonds. The van der Waals surface area contributed by atoms with E-state index in [0.717, 1.165) is 25.7 Å². The number of fused-ring (bicyclic) bond motifs is 2. The summed E-state index contributed by atoms with van der Waals surface area (Å²) < 4.78 is 0. The van der Waals surface area contributed by atoms with Gasteiger partial charge in [-0.05, 0) is 44.4 Å². The number of carbonyl (C=O) groups is 1. The lowest BCUT2D eigenvalue weighted by molar-refractivity contribution is -0.148. The predicted octanol–water partition coefficient (Wildman–Crippen LogP) is 2.35. The Hall–Kier alpha value is -0.830. The van der Waals surface area contributed by atoms with Gasteiger partial charge in [-0.15, -0.1) is 0 Å². The molecule has 16 heavy (non-hydrogen) atoms. The maximum Gasteiger partial charge on any atom is 0.306 e. The van der Waals surface area contributed by atoms with Gasteiger partial charge >= 0.3 is 5.97 Å². The molecule has 0 aromatic heterocycles. The summed E-state index contributed by atoms with van der Waals surface area (Å²) in [7, 11) is 0. The summed E-state index contributed by atoms with van der Waals surface area (Å²) in [6.07, 6.45) is 6.38. The Balaban J connectivity index is 2.34. The molecule has 2 rings (SSSR count). The van der Waals surface area contributed by atoms with Crippen LogP contribution < -0.4 is 0 Å². The van der Waals surface area contributed by atoms with Crippen molar-refractivity contribution in [2.24, 2.45) is 11.3 Å². The molecule has 0 aromatic rings. The fourth-order valence-electron chi connectivity index (χ4n) is 3.56. The van der Waals surface area contributed by atoms with Crippen LogP contribution in [0.15, 0.2) is 11.6 Å². The topological polar surface area (TPSA) is 57.5 Å². The number of carboxylic acid groups (broad SMARTS) is 1. The van der Waals surface area contributed by atoms with Crippen LogP contribution in [0.1, 0.15) is 46.0 Å². The van der Waals surface area contributed by atoms with E-state index in [1.165, 1.54) is 5.57 Å². The van der Waals surface area contributed by atoms with E-state index in [9.17, 15) is 15.0 Å². The molecule has 3 atom stereocenters. The van der Waals surface area contributed by atoms with Crippen LogP contribution in [0.4, 0.5) is 0 Å². The first-order valence-electron chi connectivity index (χ1n) is 6.00. The second-order valence-electron chi connectivity index (χ2n) is 5.79. The van der Waals surface area contributed by atoms with E-state index >= 15 is 0 Å². The first-order valence-corrected chi connectivity index (χ1v) is 6.00. The first-order chi connectivity index (χ1) is 7.35. The highest BCUT2D eigenvalue weighted by molar-refractivity contribution is 5.71. The maximum absolute atomic E-state index is 11.2. The fraction of sp³-hybridized carbons (Fsp3) is 0.769.